The number of H-pyrrole nitrogens is 1. The monoisotopic (exact) mass is 475 g/mol. The van der Waals surface area contributed by atoms with Crippen LogP contribution in [0.5, 0.6) is 0 Å². The Morgan fingerprint density at radius 2 is 1.53 bits per heavy atom. The van der Waals surface area contributed by atoms with Crippen molar-refractivity contribution in [2.75, 3.05) is 6.61 Å². The molecule has 0 aliphatic carbocycles. The molecule has 1 fully saturated rings. The van der Waals surface area contributed by atoms with E-state index in [1.54, 1.807) is 24.3 Å². The number of carbonyl (C=O) groups is 2. The Kier molecular flexibility index (Phi) is 6.37. The number of carbonyl (C=O) groups excluding carboxylic acids is 2. The molecule has 3 aromatic rings. The number of rotatable bonds is 6. The Balaban J connectivity index is 1.62. The van der Waals surface area contributed by atoms with Crippen LogP contribution in [0.15, 0.2) is 82.5 Å². The summed E-state index contributed by atoms with van der Waals surface area (Å²) in [4.78, 5) is 50.1. The molecule has 4 rings (SSSR count). The van der Waals surface area contributed by atoms with Crippen molar-refractivity contribution in [3.05, 3.63) is 105 Å². The van der Waals surface area contributed by atoms with Gasteiger partial charge in [0.2, 0.25) is 6.23 Å². The lowest BCUT2D eigenvalue weighted by molar-refractivity contribution is -0.142. The molecule has 3 atom stereocenters. The quantitative estimate of drug-likeness (QED) is 0.543. The van der Waals surface area contributed by atoms with Gasteiger partial charge in [-0.05, 0) is 24.3 Å². The maximum Gasteiger partial charge on any atom is 0.338 e. The van der Waals surface area contributed by atoms with E-state index in [1.807, 2.05) is 4.98 Å². The molecule has 0 saturated carbocycles. The highest BCUT2D eigenvalue weighted by Gasteiger charge is 2.62. The fraction of sp³-hybridized carbons (Fsp3) is 0.217. The van der Waals surface area contributed by atoms with Gasteiger partial charge in [-0.15, -0.1) is 0 Å². The Morgan fingerprint density at radius 1 is 0.941 bits per heavy atom. The molecular weight excluding hydrogens is 457 g/mol. The van der Waals surface area contributed by atoms with Gasteiger partial charge in [0, 0.05) is 12.3 Å². The fourth-order valence-corrected chi connectivity index (χ4v) is 3.43. The number of hydrogen-bond acceptors (Lipinski definition) is 7. The van der Waals surface area contributed by atoms with E-state index in [0.717, 1.165) is 12.3 Å². The molecule has 1 saturated heterocycles. The van der Waals surface area contributed by atoms with Gasteiger partial charge in [0.25, 0.3) is 5.56 Å². The summed E-state index contributed by atoms with van der Waals surface area (Å²) in [6.45, 7) is -0.690. The molecule has 1 aromatic heterocycles. The minimum atomic E-state index is -3.92. The first-order valence-electron chi connectivity index (χ1n) is 10.1. The van der Waals surface area contributed by atoms with Crippen LogP contribution in [0.3, 0.4) is 0 Å². The minimum absolute atomic E-state index is 0.0167. The van der Waals surface area contributed by atoms with Crippen LogP contribution in [-0.2, 0) is 14.2 Å². The van der Waals surface area contributed by atoms with Crippen molar-refractivity contribution in [3.63, 3.8) is 0 Å². The number of ether oxygens (including phenoxy) is 3. The van der Waals surface area contributed by atoms with Gasteiger partial charge in [-0.1, -0.05) is 36.4 Å². The number of aromatic amines is 1. The van der Waals surface area contributed by atoms with E-state index >= 15 is 8.78 Å². The molecular formula is C23H18F2N2O7. The van der Waals surface area contributed by atoms with Crippen LogP contribution in [0.4, 0.5) is 8.78 Å². The molecule has 11 heteroatoms. The number of benzene rings is 2. The standard InChI is InChI=1S/C23H18F2N2O7/c24-23(25)18(34-20(30)15-9-5-2-6-10-15)16(13-32-19(29)14-7-3-1-4-8-14)33-21(23)27-12-11-17(28)26-22(27)31/h1-12,16,18,21H,13H2,(H,26,28,31)/i22+1,26+1,27+1. The number of hydrogen-bond donors (Lipinski definition) is 1. The third-order valence-corrected chi connectivity index (χ3v) is 5.09. The zero-order valence-electron chi connectivity index (χ0n) is 17.4. The second kappa shape index (κ2) is 9.40. The van der Waals surface area contributed by atoms with Gasteiger partial charge in [0.1, 0.15) is 12.7 Å². The van der Waals surface area contributed by atoms with Crippen molar-refractivity contribution in [2.24, 2.45) is 0 Å². The zero-order chi connectivity index (χ0) is 24.3. The van der Waals surface area contributed by atoms with E-state index in [2.05, 4.69) is 0 Å². The van der Waals surface area contributed by atoms with Crippen molar-refractivity contribution >= 4 is 11.9 Å². The largest absolute Gasteiger partial charge is 0.459 e. The van der Waals surface area contributed by atoms with Crippen molar-refractivity contribution in [2.45, 2.75) is 24.4 Å². The summed E-state index contributed by atoms with van der Waals surface area (Å²) >= 11 is 0. The van der Waals surface area contributed by atoms with E-state index in [4.69, 9.17) is 14.2 Å². The summed E-state index contributed by atoms with van der Waals surface area (Å²) in [5, 5.41) is 0. The first kappa shape index (κ1) is 23.1. The van der Waals surface area contributed by atoms with Crippen LogP contribution in [0.1, 0.15) is 26.9 Å². The summed E-state index contributed by atoms with van der Waals surface area (Å²) in [6, 6.07) is 16.1. The first-order chi connectivity index (χ1) is 16.3. The molecule has 0 amide bonds. The smallest absolute Gasteiger partial charge is 0.338 e. The molecule has 0 radical (unpaired) electrons. The van der Waals surface area contributed by atoms with E-state index in [1.165, 1.54) is 36.4 Å². The number of alkyl halides is 2. The van der Waals surface area contributed by atoms with Crippen LogP contribution in [0.2, 0.25) is 0 Å². The second-order valence-corrected chi connectivity index (χ2v) is 7.38. The molecule has 1 aliphatic rings. The third kappa shape index (κ3) is 4.64. The first-order valence-corrected chi connectivity index (χ1v) is 10.1. The molecule has 1 aliphatic heterocycles. The lowest BCUT2D eigenvalue weighted by atomic mass is 10.1. The predicted molar refractivity (Wildman–Crippen MR) is 113 cm³/mol. The average molecular weight is 475 g/mol. The highest BCUT2D eigenvalue weighted by atomic mass is 19.3. The molecule has 2 heterocycles. The lowest BCUT2D eigenvalue weighted by Crippen LogP contribution is -2.45. The van der Waals surface area contributed by atoms with E-state index in [9.17, 15) is 19.2 Å². The van der Waals surface area contributed by atoms with Crippen LogP contribution >= 0.6 is 0 Å². The summed E-state index contributed by atoms with van der Waals surface area (Å²) in [5.74, 6) is -5.77. The molecule has 0 bridgehead atoms. The topological polar surface area (TPSA) is 117 Å². The van der Waals surface area contributed by atoms with Gasteiger partial charge < -0.3 is 14.2 Å². The van der Waals surface area contributed by atoms with Gasteiger partial charge in [0.05, 0.1) is 11.1 Å². The summed E-state index contributed by atoms with van der Waals surface area (Å²) in [6.07, 6.45) is -5.20. The Bertz CT molecular complexity index is 1290. The van der Waals surface area contributed by atoms with E-state index in [-0.39, 0.29) is 11.1 Å². The van der Waals surface area contributed by atoms with Crippen molar-refractivity contribution in [1.82, 2.24) is 9.55 Å². The highest BCUT2D eigenvalue weighted by Crippen LogP contribution is 2.44. The number of halogens is 2. The maximum atomic E-state index is 15.4. The maximum absolute atomic E-state index is 15.4. The average Bonchev–Trinajstić information content (AvgIpc) is 3.08. The third-order valence-electron chi connectivity index (χ3n) is 5.09. The number of nitrogens with zero attached hydrogens (tertiary/aromatic N) is 1. The summed E-state index contributed by atoms with van der Waals surface area (Å²) < 4.78 is 46.9. The van der Waals surface area contributed by atoms with Crippen LogP contribution in [0, 0.1) is 0 Å². The highest BCUT2D eigenvalue weighted by molar-refractivity contribution is 5.90. The Labute approximate surface area is 190 Å². The van der Waals surface area contributed by atoms with Crippen LogP contribution < -0.4 is 11.2 Å². The van der Waals surface area contributed by atoms with Crippen molar-refractivity contribution in [1.29, 1.82) is 0 Å². The Hall–Kier alpha value is -4.12. The Morgan fingerprint density at radius 3 is 2.12 bits per heavy atom. The number of esters is 2. The molecule has 3 unspecified atom stereocenters. The van der Waals surface area contributed by atoms with Gasteiger partial charge in [-0.2, -0.15) is 8.78 Å². The molecule has 1 N–H and O–H groups in total. The summed E-state index contributed by atoms with van der Waals surface area (Å²) in [7, 11) is 0. The normalized spacial score (nSPS) is 21.1. The van der Waals surface area contributed by atoms with Crippen molar-refractivity contribution < 1.29 is 32.6 Å². The lowest BCUT2D eigenvalue weighted by Gasteiger charge is -2.24. The van der Waals surface area contributed by atoms with Crippen molar-refractivity contribution in [3.8, 4) is 0 Å². The molecule has 176 valence electrons. The van der Waals surface area contributed by atoms with Gasteiger partial charge in [0.15, 0.2) is 6.10 Å². The summed E-state index contributed by atoms with van der Waals surface area (Å²) in [5.41, 5.74) is -1.74. The SMILES string of the molecule is O=C(OCC1OC([15n]2ccc(=O)[15nH][13c]2=O)C(F)(F)C1OC(=O)c1ccccc1)c1ccccc1. The predicted octanol–water partition coefficient (Wildman–Crippen LogP) is 2.15. The minimum Gasteiger partial charge on any atom is -0.459 e. The van der Waals surface area contributed by atoms with E-state index < -0.39 is 54.2 Å². The van der Waals surface area contributed by atoms with Crippen LogP contribution in [0.25, 0.3) is 0 Å². The van der Waals surface area contributed by atoms with Crippen LogP contribution in [-0.4, -0.2) is 46.2 Å². The zero-order valence-corrected chi connectivity index (χ0v) is 17.4. The molecule has 34 heavy (non-hydrogen) atoms. The number of nitrogens with one attached hydrogen (secondary N) is 1. The molecule has 9 nitrogen and oxygen atoms in total. The van der Waals surface area contributed by atoms with Gasteiger partial charge >= 0.3 is 23.6 Å². The van der Waals surface area contributed by atoms with Gasteiger partial charge in [-0.25, -0.2) is 14.4 Å². The van der Waals surface area contributed by atoms with Gasteiger partial charge in [-0.3, -0.25) is 14.3 Å². The second-order valence-electron chi connectivity index (χ2n) is 7.38. The fourth-order valence-electron chi connectivity index (χ4n) is 3.43. The molecule has 2 aromatic carbocycles. The van der Waals surface area contributed by atoms with E-state index in [0.29, 0.717) is 4.57 Å². The number of aromatic nitrogens is 2. The molecule has 0 spiro atoms.